The van der Waals surface area contributed by atoms with Crippen LogP contribution in [0.5, 0.6) is 0 Å². The van der Waals surface area contributed by atoms with Crippen molar-refractivity contribution in [2.24, 2.45) is 0 Å². The Labute approximate surface area is 103 Å². The highest BCUT2D eigenvalue weighted by molar-refractivity contribution is 7.99. The number of hydrogen-bond acceptors (Lipinski definition) is 3. The molecule has 0 aromatic heterocycles. The van der Waals surface area contributed by atoms with Crippen LogP contribution in [0.1, 0.15) is 33.1 Å². The van der Waals surface area contributed by atoms with Crippen molar-refractivity contribution < 1.29 is 4.79 Å². The zero-order valence-electron chi connectivity index (χ0n) is 10.5. The van der Waals surface area contributed by atoms with Crippen LogP contribution >= 0.6 is 11.8 Å². The highest BCUT2D eigenvalue weighted by atomic mass is 32.2. The first-order valence-electron chi connectivity index (χ1n) is 6.36. The SMILES string of the molecule is CCCCN(CC)C(=O)CC1CSCCN1. The molecule has 1 heterocycles. The smallest absolute Gasteiger partial charge is 0.224 e. The molecule has 0 bridgehead atoms. The molecule has 0 spiro atoms. The second-order valence-electron chi connectivity index (χ2n) is 4.26. The third kappa shape index (κ3) is 4.74. The van der Waals surface area contributed by atoms with Crippen molar-refractivity contribution in [2.45, 2.75) is 39.2 Å². The molecular formula is C12H24N2OS. The number of carbonyl (C=O) groups is 1. The van der Waals surface area contributed by atoms with Crippen LogP contribution in [-0.2, 0) is 4.79 Å². The van der Waals surface area contributed by atoms with Crippen LogP contribution in [0.4, 0.5) is 0 Å². The molecule has 3 nitrogen and oxygen atoms in total. The van der Waals surface area contributed by atoms with Gasteiger partial charge in [0.1, 0.15) is 0 Å². The third-order valence-electron chi connectivity index (χ3n) is 2.94. The molecule has 94 valence electrons. The van der Waals surface area contributed by atoms with Gasteiger partial charge < -0.3 is 10.2 Å². The summed E-state index contributed by atoms with van der Waals surface area (Å²) in [5.74, 6) is 2.57. The van der Waals surface area contributed by atoms with Crippen molar-refractivity contribution in [3.63, 3.8) is 0 Å². The van der Waals surface area contributed by atoms with Gasteiger partial charge in [0.15, 0.2) is 0 Å². The molecule has 0 aliphatic carbocycles. The average Bonchev–Trinajstić information content (AvgIpc) is 2.31. The molecule has 1 N–H and O–H groups in total. The van der Waals surface area contributed by atoms with Crippen molar-refractivity contribution >= 4 is 17.7 Å². The summed E-state index contributed by atoms with van der Waals surface area (Å²) in [6, 6.07) is 0.391. The van der Waals surface area contributed by atoms with Crippen molar-refractivity contribution in [1.29, 1.82) is 0 Å². The average molecular weight is 244 g/mol. The Morgan fingerprint density at radius 3 is 2.88 bits per heavy atom. The fourth-order valence-corrected chi connectivity index (χ4v) is 2.85. The molecule has 1 aliphatic rings. The molecule has 1 saturated heterocycles. The Hall–Kier alpha value is -0.220. The largest absolute Gasteiger partial charge is 0.343 e. The zero-order chi connectivity index (χ0) is 11.8. The van der Waals surface area contributed by atoms with Crippen LogP contribution in [0.3, 0.4) is 0 Å². The number of hydrogen-bond donors (Lipinski definition) is 1. The first-order valence-corrected chi connectivity index (χ1v) is 7.52. The molecule has 1 rings (SSSR count). The lowest BCUT2D eigenvalue weighted by Gasteiger charge is -2.26. The molecule has 16 heavy (non-hydrogen) atoms. The second kappa shape index (κ2) is 7.96. The van der Waals surface area contributed by atoms with E-state index in [-0.39, 0.29) is 0 Å². The van der Waals surface area contributed by atoms with Crippen LogP contribution < -0.4 is 5.32 Å². The monoisotopic (exact) mass is 244 g/mol. The van der Waals surface area contributed by atoms with E-state index in [1.165, 1.54) is 5.75 Å². The number of unbranched alkanes of at least 4 members (excludes halogenated alkanes) is 1. The molecule has 0 aromatic carbocycles. The van der Waals surface area contributed by atoms with Gasteiger partial charge in [-0.05, 0) is 13.3 Å². The van der Waals surface area contributed by atoms with Crippen LogP contribution in [0.2, 0.25) is 0 Å². The molecule has 1 amide bonds. The molecule has 1 unspecified atom stereocenters. The quantitative estimate of drug-likeness (QED) is 0.772. The van der Waals surface area contributed by atoms with Crippen molar-refractivity contribution in [3.05, 3.63) is 0 Å². The Morgan fingerprint density at radius 2 is 2.31 bits per heavy atom. The van der Waals surface area contributed by atoms with Gasteiger partial charge in [0.05, 0.1) is 0 Å². The highest BCUT2D eigenvalue weighted by Gasteiger charge is 2.19. The summed E-state index contributed by atoms with van der Waals surface area (Å²) in [5.41, 5.74) is 0. The van der Waals surface area contributed by atoms with E-state index in [1.54, 1.807) is 0 Å². The Morgan fingerprint density at radius 1 is 1.50 bits per heavy atom. The number of nitrogens with one attached hydrogen (secondary N) is 1. The van der Waals surface area contributed by atoms with Crippen LogP contribution in [0.15, 0.2) is 0 Å². The fraction of sp³-hybridized carbons (Fsp3) is 0.917. The lowest BCUT2D eigenvalue weighted by molar-refractivity contribution is -0.131. The number of thioether (sulfide) groups is 1. The minimum atomic E-state index is 0.316. The Balaban J connectivity index is 2.29. The predicted octanol–water partition coefficient (Wildman–Crippen LogP) is 1.73. The first kappa shape index (κ1) is 13.8. The molecule has 0 saturated carbocycles. The summed E-state index contributed by atoms with van der Waals surface area (Å²) in [4.78, 5) is 14.0. The lowest BCUT2D eigenvalue weighted by Crippen LogP contribution is -2.42. The van der Waals surface area contributed by atoms with Crippen molar-refractivity contribution in [1.82, 2.24) is 10.2 Å². The maximum absolute atomic E-state index is 12.0. The number of rotatable bonds is 6. The maximum atomic E-state index is 12.0. The topological polar surface area (TPSA) is 32.3 Å². The third-order valence-corrected chi connectivity index (χ3v) is 4.07. The standard InChI is InChI=1S/C12H24N2OS/c1-3-5-7-14(4-2)12(15)9-11-10-16-8-6-13-11/h11,13H,3-10H2,1-2H3. The Bertz CT molecular complexity index is 205. The molecule has 0 radical (unpaired) electrons. The van der Waals surface area contributed by atoms with E-state index in [4.69, 9.17) is 0 Å². The van der Waals surface area contributed by atoms with Crippen LogP contribution in [0.25, 0.3) is 0 Å². The van der Waals surface area contributed by atoms with E-state index in [0.29, 0.717) is 18.4 Å². The van der Waals surface area contributed by atoms with E-state index >= 15 is 0 Å². The van der Waals surface area contributed by atoms with Gasteiger partial charge in [-0.15, -0.1) is 0 Å². The van der Waals surface area contributed by atoms with Gasteiger partial charge in [0.2, 0.25) is 5.91 Å². The minimum Gasteiger partial charge on any atom is -0.343 e. The van der Waals surface area contributed by atoms with Crippen molar-refractivity contribution in [3.8, 4) is 0 Å². The van der Waals surface area contributed by atoms with Gasteiger partial charge in [-0.2, -0.15) is 11.8 Å². The first-order chi connectivity index (χ1) is 7.77. The lowest BCUT2D eigenvalue weighted by atomic mass is 10.2. The molecule has 1 fully saturated rings. The normalized spacial score (nSPS) is 20.8. The summed E-state index contributed by atoms with van der Waals surface area (Å²) in [7, 11) is 0. The van der Waals surface area contributed by atoms with Gasteiger partial charge >= 0.3 is 0 Å². The summed E-state index contributed by atoms with van der Waals surface area (Å²) >= 11 is 1.95. The van der Waals surface area contributed by atoms with Gasteiger partial charge in [0, 0.05) is 43.6 Å². The molecule has 4 heteroatoms. The number of nitrogens with zero attached hydrogens (tertiary/aromatic N) is 1. The number of amides is 1. The zero-order valence-corrected chi connectivity index (χ0v) is 11.3. The van der Waals surface area contributed by atoms with E-state index in [2.05, 4.69) is 19.2 Å². The summed E-state index contributed by atoms with van der Waals surface area (Å²) in [5, 5.41) is 3.42. The molecule has 1 atom stereocenters. The van der Waals surface area contributed by atoms with E-state index in [9.17, 15) is 4.79 Å². The van der Waals surface area contributed by atoms with Crippen molar-refractivity contribution in [2.75, 3.05) is 31.1 Å². The highest BCUT2D eigenvalue weighted by Crippen LogP contribution is 2.11. The second-order valence-corrected chi connectivity index (χ2v) is 5.41. The van der Waals surface area contributed by atoms with Gasteiger partial charge in [-0.3, -0.25) is 4.79 Å². The van der Waals surface area contributed by atoms with E-state index < -0.39 is 0 Å². The van der Waals surface area contributed by atoms with E-state index in [1.807, 2.05) is 16.7 Å². The summed E-state index contributed by atoms with van der Waals surface area (Å²) < 4.78 is 0. The van der Waals surface area contributed by atoms with Gasteiger partial charge in [-0.1, -0.05) is 13.3 Å². The Kier molecular flexibility index (Phi) is 6.88. The molecule has 0 aromatic rings. The predicted molar refractivity (Wildman–Crippen MR) is 70.9 cm³/mol. The number of carbonyl (C=O) groups excluding carboxylic acids is 1. The summed E-state index contributed by atoms with van der Waals surface area (Å²) in [6.45, 7) is 7.04. The van der Waals surface area contributed by atoms with Crippen LogP contribution in [-0.4, -0.2) is 48.0 Å². The van der Waals surface area contributed by atoms with Crippen LogP contribution in [0, 0.1) is 0 Å². The summed E-state index contributed by atoms with van der Waals surface area (Å²) in [6.07, 6.45) is 2.94. The molecular weight excluding hydrogens is 220 g/mol. The maximum Gasteiger partial charge on any atom is 0.224 e. The minimum absolute atomic E-state index is 0.316. The van der Waals surface area contributed by atoms with Gasteiger partial charge in [-0.25, -0.2) is 0 Å². The van der Waals surface area contributed by atoms with E-state index in [0.717, 1.165) is 38.2 Å². The molecule has 1 aliphatic heterocycles. The van der Waals surface area contributed by atoms with Gasteiger partial charge in [0.25, 0.3) is 0 Å². The fourth-order valence-electron chi connectivity index (χ4n) is 1.90.